The second-order valence-electron chi connectivity index (χ2n) is 5.85. The highest BCUT2D eigenvalue weighted by molar-refractivity contribution is 9.10. The lowest BCUT2D eigenvalue weighted by Crippen LogP contribution is -2.52. The topological polar surface area (TPSA) is 21.3 Å². The quantitative estimate of drug-likeness (QED) is 0.806. The Morgan fingerprint density at radius 1 is 1.15 bits per heavy atom. The van der Waals surface area contributed by atoms with Gasteiger partial charge in [0.25, 0.3) is 0 Å². The lowest BCUT2D eigenvalue weighted by Gasteiger charge is -2.39. The van der Waals surface area contributed by atoms with E-state index >= 15 is 0 Å². The first-order valence-corrected chi connectivity index (χ1v) is 8.46. The number of likely N-dealkylation sites (N-methyl/N-ethyl adjacent to an activating group) is 1. The van der Waals surface area contributed by atoms with Crippen LogP contribution < -0.4 is 5.32 Å². The van der Waals surface area contributed by atoms with Crippen LogP contribution in [0, 0.1) is 0 Å². The number of rotatable bonds is 5. The monoisotopic (exact) mass is 339 g/mol. The molecule has 112 valence electrons. The molecule has 0 heterocycles. The lowest BCUT2D eigenvalue weighted by atomic mass is 9.83. The SMILES string of the molecule is CNC(Cc1ccc(Br)cc1)C1(OC)CCCCCC1. The maximum atomic E-state index is 6.04. The van der Waals surface area contributed by atoms with Crippen molar-refractivity contribution in [3.63, 3.8) is 0 Å². The summed E-state index contributed by atoms with van der Waals surface area (Å²) in [5.41, 5.74) is 1.37. The number of methoxy groups -OCH3 is 1. The summed E-state index contributed by atoms with van der Waals surface area (Å²) in [5, 5.41) is 3.52. The normalized spacial score (nSPS) is 20.4. The summed E-state index contributed by atoms with van der Waals surface area (Å²) < 4.78 is 7.17. The largest absolute Gasteiger partial charge is 0.377 e. The Labute approximate surface area is 131 Å². The number of hydrogen-bond acceptors (Lipinski definition) is 2. The number of hydrogen-bond donors (Lipinski definition) is 1. The molecule has 1 saturated carbocycles. The van der Waals surface area contributed by atoms with Gasteiger partial charge in [0.15, 0.2) is 0 Å². The summed E-state index contributed by atoms with van der Waals surface area (Å²) in [5.74, 6) is 0. The molecule has 1 unspecified atom stereocenters. The Morgan fingerprint density at radius 3 is 2.25 bits per heavy atom. The fraction of sp³-hybridized carbons (Fsp3) is 0.647. The van der Waals surface area contributed by atoms with Crippen LogP contribution in [0.15, 0.2) is 28.7 Å². The van der Waals surface area contributed by atoms with Crippen molar-refractivity contribution in [2.75, 3.05) is 14.2 Å². The van der Waals surface area contributed by atoms with Crippen LogP contribution in [0.3, 0.4) is 0 Å². The summed E-state index contributed by atoms with van der Waals surface area (Å²) in [7, 11) is 3.95. The van der Waals surface area contributed by atoms with Crippen molar-refractivity contribution in [1.29, 1.82) is 0 Å². The molecule has 1 aliphatic carbocycles. The van der Waals surface area contributed by atoms with Crippen LogP contribution in [0.4, 0.5) is 0 Å². The molecule has 0 spiro atoms. The van der Waals surface area contributed by atoms with Crippen molar-refractivity contribution < 1.29 is 4.74 Å². The number of nitrogens with one attached hydrogen (secondary N) is 1. The van der Waals surface area contributed by atoms with Gasteiger partial charge in [0.05, 0.1) is 5.60 Å². The van der Waals surface area contributed by atoms with Gasteiger partial charge in [0.1, 0.15) is 0 Å². The molecule has 0 saturated heterocycles. The maximum absolute atomic E-state index is 6.04. The Bertz CT molecular complexity index is 396. The van der Waals surface area contributed by atoms with E-state index in [-0.39, 0.29) is 5.60 Å². The Balaban J connectivity index is 2.13. The Morgan fingerprint density at radius 2 is 1.75 bits per heavy atom. The van der Waals surface area contributed by atoms with Gasteiger partial charge in [0.2, 0.25) is 0 Å². The van der Waals surface area contributed by atoms with E-state index in [9.17, 15) is 0 Å². The Hall–Kier alpha value is -0.380. The highest BCUT2D eigenvalue weighted by Crippen LogP contribution is 2.34. The van der Waals surface area contributed by atoms with Crippen molar-refractivity contribution in [3.8, 4) is 0 Å². The van der Waals surface area contributed by atoms with Crippen LogP contribution in [0.5, 0.6) is 0 Å². The predicted molar refractivity (Wildman–Crippen MR) is 88.1 cm³/mol. The van der Waals surface area contributed by atoms with Crippen molar-refractivity contribution in [3.05, 3.63) is 34.3 Å². The van der Waals surface area contributed by atoms with Crippen LogP contribution in [-0.2, 0) is 11.2 Å². The number of halogens is 1. The molecule has 0 radical (unpaired) electrons. The zero-order valence-corrected chi connectivity index (χ0v) is 14.2. The molecule has 20 heavy (non-hydrogen) atoms. The average Bonchev–Trinajstić information content (AvgIpc) is 2.73. The van der Waals surface area contributed by atoms with Crippen molar-refractivity contribution in [1.82, 2.24) is 5.32 Å². The number of ether oxygens (including phenoxy) is 1. The summed E-state index contributed by atoms with van der Waals surface area (Å²) in [6.45, 7) is 0. The third kappa shape index (κ3) is 3.84. The van der Waals surface area contributed by atoms with E-state index in [0.29, 0.717) is 6.04 Å². The van der Waals surface area contributed by atoms with Crippen LogP contribution in [0.25, 0.3) is 0 Å². The minimum Gasteiger partial charge on any atom is -0.377 e. The summed E-state index contributed by atoms with van der Waals surface area (Å²) >= 11 is 3.50. The first kappa shape index (κ1) is 16.0. The summed E-state index contributed by atoms with van der Waals surface area (Å²) in [6, 6.07) is 9.03. The zero-order valence-electron chi connectivity index (χ0n) is 12.6. The summed E-state index contributed by atoms with van der Waals surface area (Å²) in [6.07, 6.45) is 8.63. The molecular formula is C17H26BrNO. The van der Waals surface area contributed by atoms with Gasteiger partial charge < -0.3 is 10.1 Å². The highest BCUT2D eigenvalue weighted by Gasteiger charge is 2.38. The van der Waals surface area contributed by atoms with E-state index in [1.54, 1.807) is 0 Å². The van der Waals surface area contributed by atoms with Gasteiger partial charge in [-0.15, -0.1) is 0 Å². The summed E-state index contributed by atoms with van der Waals surface area (Å²) in [4.78, 5) is 0. The van der Waals surface area contributed by atoms with Gasteiger partial charge in [-0.05, 0) is 44.0 Å². The molecule has 1 aliphatic rings. The first-order valence-electron chi connectivity index (χ1n) is 7.67. The van der Waals surface area contributed by atoms with E-state index < -0.39 is 0 Å². The third-order valence-electron chi connectivity index (χ3n) is 4.69. The van der Waals surface area contributed by atoms with Crippen LogP contribution >= 0.6 is 15.9 Å². The molecule has 1 aromatic rings. The van der Waals surface area contributed by atoms with E-state index in [0.717, 1.165) is 10.9 Å². The van der Waals surface area contributed by atoms with Gasteiger partial charge in [-0.25, -0.2) is 0 Å². The molecule has 1 atom stereocenters. The van der Waals surface area contributed by atoms with Gasteiger partial charge in [-0.2, -0.15) is 0 Å². The first-order chi connectivity index (χ1) is 9.70. The number of benzene rings is 1. The molecule has 2 nitrogen and oxygen atoms in total. The lowest BCUT2D eigenvalue weighted by molar-refractivity contribution is -0.0509. The van der Waals surface area contributed by atoms with E-state index in [2.05, 4.69) is 52.6 Å². The molecule has 0 aliphatic heterocycles. The molecular weight excluding hydrogens is 314 g/mol. The smallest absolute Gasteiger partial charge is 0.0834 e. The predicted octanol–water partition coefficient (Wildman–Crippen LogP) is 4.32. The third-order valence-corrected chi connectivity index (χ3v) is 5.22. The van der Waals surface area contributed by atoms with Gasteiger partial charge in [0, 0.05) is 17.6 Å². The van der Waals surface area contributed by atoms with E-state index in [1.807, 2.05) is 7.11 Å². The van der Waals surface area contributed by atoms with Crippen molar-refractivity contribution in [2.24, 2.45) is 0 Å². The van der Waals surface area contributed by atoms with Crippen LogP contribution in [0.2, 0.25) is 0 Å². The fourth-order valence-electron chi connectivity index (χ4n) is 3.43. The molecule has 0 amide bonds. The standard InChI is InChI=1S/C17H26BrNO/c1-19-16(13-14-7-9-15(18)10-8-14)17(20-2)11-5-3-4-6-12-17/h7-10,16,19H,3-6,11-13H2,1-2H3. The van der Waals surface area contributed by atoms with Crippen molar-refractivity contribution in [2.45, 2.75) is 56.6 Å². The fourth-order valence-corrected chi connectivity index (χ4v) is 3.69. The molecule has 1 fully saturated rings. The second kappa shape index (κ2) is 7.58. The second-order valence-corrected chi connectivity index (χ2v) is 6.77. The Kier molecular flexibility index (Phi) is 6.06. The van der Waals surface area contributed by atoms with Gasteiger partial charge in [-0.3, -0.25) is 0 Å². The van der Waals surface area contributed by atoms with Crippen LogP contribution in [0.1, 0.15) is 44.1 Å². The molecule has 1 N–H and O–H groups in total. The molecule has 2 rings (SSSR count). The molecule has 3 heteroatoms. The van der Waals surface area contributed by atoms with Crippen molar-refractivity contribution >= 4 is 15.9 Å². The van der Waals surface area contributed by atoms with E-state index in [4.69, 9.17) is 4.74 Å². The molecule has 0 aromatic heterocycles. The minimum absolute atomic E-state index is 0.00166. The average molecular weight is 340 g/mol. The maximum Gasteiger partial charge on any atom is 0.0834 e. The molecule has 0 bridgehead atoms. The van der Waals surface area contributed by atoms with Gasteiger partial charge >= 0.3 is 0 Å². The highest BCUT2D eigenvalue weighted by atomic mass is 79.9. The van der Waals surface area contributed by atoms with Crippen LogP contribution in [-0.4, -0.2) is 25.8 Å². The molecule has 1 aromatic carbocycles. The van der Waals surface area contributed by atoms with Gasteiger partial charge in [-0.1, -0.05) is 53.7 Å². The minimum atomic E-state index is -0.00166. The van der Waals surface area contributed by atoms with E-state index in [1.165, 1.54) is 44.1 Å². The zero-order chi connectivity index (χ0) is 14.4.